The number of aliphatic hydroxyl groups is 1. The van der Waals surface area contributed by atoms with Gasteiger partial charge in [-0.15, -0.1) is 24.8 Å². The molecule has 1 aromatic carbocycles. The van der Waals surface area contributed by atoms with Crippen LogP contribution in [0.25, 0.3) is 10.9 Å². The highest BCUT2D eigenvalue weighted by Gasteiger charge is 2.22. The number of hydrogen-bond acceptors (Lipinski definition) is 4. The van der Waals surface area contributed by atoms with Crippen molar-refractivity contribution in [3.05, 3.63) is 35.0 Å². The maximum absolute atomic E-state index is 12.0. The first-order valence-corrected chi connectivity index (χ1v) is 8.76. The number of aryl methyl sites for hydroxylation is 1. The van der Waals surface area contributed by atoms with Crippen LogP contribution in [0.1, 0.15) is 36.0 Å². The molecule has 1 aromatic heterocycles. The highest BCUT2D eigenvalue weighted by Crippen LogP contribution is 2.29. The molecule has 0 unspecified atom stereocenters. The third-order valence-electron chi connectivity index (χ3n) is 4.72. The number of fused-ring (bicyclic) bond motifs is 1. The molecule has 3 rings (SSSR count). The zero-order chi connectivity index (χ0) is 17.1. The van der Waals surface area contributed by atoms with E-state index in [0.717, 1.165) is 49.7 Å². The number of aliphatic hydroxyl groups excluding tert-OH is 1. The van der Waals surface area contributed by atoms with Crippen LogP contribution in [-0.2, 0) is 11.3 Å². The quantitative estimate of drug-likeness (QED) is 0.718. The second-order valence-corrected chi connectivity index (χ2v) is 6.68. The van der Waals surface area contributed by atoms with E-state index in [1.165, 1.54) is 7.11 Å². The summed E-state index contributed by atoms with van der Waals surface area (Å²) in [5.74, 6) is -0.379. The van der Waals surface area contributed by atoms with Gasteiger partial charge in [0.05, 0.1) is 29.3 Å². The van der Waals surface area contributed by atoms with Gasteiger partial charge >= 0.3 is 5.97 Å². The number of methoxy groups -OCH3 is 1. The molecule has 0 amide bonds. The van der Waals surface area contributed by atoms with E-state index in [1.807, 2.05) is 22.9 Å². The van der Waals surface area contributed by atoms with Crippen molar-refractivity contribution in [2.75, 3.05) is 13.7 Å². The molecule has 5 nitrogen and oxygen atoms in total. The summed E-state index contributed by atoms with van der Waals surface area (Å²) in [4.78, 5) is 12.0. The van der Waals surface area contributed by atoms with Crippen molar-refractivity contribution >= 4 is 53.3 Å². The van der Waals surface area contributed by atoms with Gasteiger partial charge in [0, 0.05) is 24.2 Å². The van der Waals surface area contributed by atoms with E-state index < -0.39 is 0 Å². The number of piperidine rings is 1. The summed E-state index contributed by atoms with van der Waals surface area (Å²) in [6.45, 7) is 1.73. The summed E-state index contributed by atoms with van der Waals surface area (Å²) < 4.78 is 6.92. The molecule has 0 bridgehead atoms. The molecule has 2 atom stereocenters. The third kappa shape index (κ3) is 4.84. The molecule has 0 radical (unpaired) electrons. The first-order chi connectivity index (χ1) is 11.6. The summed E-state index contributed by atoms with van der Waals surface area (Å²) in [7, 11) is 1.37. The fourth-order valence-electron chi connectivity index (χ4n) is 3.47. The second kappa shape index (κ2) is 10.4. The number of benzene rings is 1. The first-order valence-electron chi connectivity index (χ1n) is 8.39. The van der Waals surface area contributed by atoms with Crippen molar-refractivity contribution in [1.29, 1.82) is 0 Å². The summed E-state index contributed by atoms with van der Waals surface area (Å²) in [5.41, 5.74) is 1.42. The lowest BCUT2D eigenvalue weighted by molar-refractivity contribution is 0.0602. The first kappa shape index (κ1) is 23.1. The van der Waals surface area contributed by atoms with Crippen LogP contribution in [0.2, 0.25) is 5.02 Å². The second-order valence-electron chi connectivity index (χ2n) is 6.27. The number of halogens is 3. The Hall–Kier alpha value is -0.980. The summed E-state index contributed by atoms with van der Waals surface area (Å²) >= 11 is 6.29. The van der Waals surface area contributed by atoms with Gasteiger partial charge in [-0.2, -0.15) is 0 Å². The number of esters is 1. The molecule has 0 spiro atoms. The maximum atomic E-state index is 12.0. The van der Waals surface area contributed by atoms with Crippen LogP contribution in [0.5, 0.6) is 0 Å². The predicted octanol–water partition coefficient (Wildman–Crippen LogP) is 3.82. The molecule has 1 saturated heterocycles. The van der Waals surface area contributed by atoms with Crippen molar-refractivity contribution in [2.24, 2.45) is 0 Å². The molecule has 0 saturated carbocycles. The molecule has 2 heterocycles. The molecule has 2 aromatic rings. The zero-order valence-corrected chi connectivity index (χ0v) is 17.0. The van der Waals surface area contributed by atoms with E-state index in [1.54, 1.807) is 6.07 Å². The van der Waals surface area contributed by atoms with Gasteiger partial charge in [0.25, 0.3) is 0 Å². The van der Waals surface area contributed by atoms with E-state index >= 15 is 0 Å². The molecular weight excluding hydrogens is 399 g/mol. The minimum atomic E-state index is -0.379. The largest absolute Gasteiger partial charge is 0.465 e. The normalized spacial score (nSPS) is 19.5. The monoisotopic (exact) mass is 422 g/mol. The number of rotatable bonds is 5. The van der Waals surface area contributed by atoms with Gasteiger partial charge in [0.2, 0.25) is 0 Å². The van der Waals surface area contributed by atoms with Crippen molar-refractivity contribution in [1.82, 2.24) is 9.88 Å². The maximum Gasteiger partial charge on any atom is 0.340 e. The van der Waals surface area contributed by atoms with Crippen molar-refractivity contribution in [3.8, 4) is 0 Å². The molecular formula is C18H25Cl3N2O3. The van der Waals surface area contributed by atoms with E-state index in [-0.39, 0.29) is 42.9 Å². The van der Waals surface area contributed by atoms with Gasteiger partial charge in [-0.05, 0) is 44.4 Å². The highest BCUT2D eigenvalue weighted by molar-refractivity contribution is 6.36. The van der Waals surface area contributed by atoms with Gasteiger partial charge < -0.3 is 19.7 Å². The molecule has 0 aliphatic carbocycles. The van der Waals surface area contributed by atoms with Crippen LogP contribution in [0.3, 0.4) is 0 Å². The zero-order valence-electron chi connectivity index (χ0n) is 14.6. The predicted molar refractivity (Wildman–Crippen MR) is 109 cm³/mol. The Morgan fingerprint density at radius 1 is 1.42 bits per heavy atom. The van der Waals surface area contributed by atoms with Gasteiger partial charge in [-0.25, -0.2) is 4.79 Å². The van der Waals surface area contributed by atoms with Gasteiger partial charge in [0.15, 0.2) is 0 Å². The number of hydrogen-bond donors (Lipinski definition) is 2. The van der Waals surface area contributed by atoms with E-state index in [9.17, 15) is 9.90 Å². The molecule has 1 aliphatic rings. The minimum Gasteiger partial charge on any atom is -0.465 e. The smallest absolute Gasteiger partial charge is 0.340 e. The Morgan fingerprint density at radius 2 is 2.19 bits per heavy atom. The summed E-state index contributed by atoms with van der Waals surface area (Å²) in [5, 5.41) is 14.7. The number of aromatic nitrogens is 1. The van der Waals surface area contributed by atoms with Gasteiger partial charge in [0.1, 0.15) is 0 Å². The van der Waals surface area contributed by atoms with Crippen LogP contribution in [0, 0.1) is 0 Å². The SMILES string of the molecule is COC(=O)c1cn(CCC[C@H]2NCCC[C@@H]2O)c2cccc(Cl)c12.Cl.Cl. The van der Waals surface area contributed by atoms with Crippen LogP contribution in [0.15, 0.2) is 24.4 Å². The number of nitrogens with zero attached hydrogens (tertiary/aromatic N) is 1. The van der Waals surface area contributed by atoms with Crippen molar-refractivity contribution < 1.29 is 14.6 Å². The third-order valence-corrected chi connectivity index (χ3v) is 5.04. The number of carbonyl (C=O) groups excluding carboxylic acids is 1. The van der Waals surface area contributed by atoms with Crippen LogP contribution in [0.4, 0.5) is 0 Å². The molecule has 146 valence electrons. The lowest BCUT2D eigenvalue weighted by Gasteiger charge is -2.29. The van der Waals surface area contributed by atoms with Crippen molar-refractivity contribution in [2.45, 2.75) is 44.4 Å². The van der Waals surface area contributed by atoms with Crippen LogP contribution < -0.4 is 5.32 Å². The van der Waals surface area contributed by atoms with Crippen LogP contribution >= 0.6 is 36.4 Å². The Balaban J connectivity index is 0.00000169. The standard InChI is InChI=1S/C18H23ClN2O3.2ClH/c1-24-18(23)12-11-21(15-7-2-5-13(19)17(12)15)10-4-6-14-16(22)8-3-9-20-14;;/h2,5,7,11,14,16,20,22H,3-4,6,8-10H2,1H3;2*1H/t14-,16+;;/m1../s1. The van der Waals surface area contributed by atoms with Crippen LogP contribution in [-0.4, -0.2) is 41.4 Å². The summed E-state index contributed by atoms with van der Waals surface area (Å²) in [6, 6.07) is 5.78. The lowest BCUT2D eigenvalue weighted by Crippen LogP contribution is -2.44. The topological polar surface area (TPSA) is 63.5 Å². The van der Waals surface area contributed by atoms with E-state index in [0.29, 0.717) is 10.6 Å². The van der Waals surface area contributed by atoms with Crippen molar-refractivity contribution in [3.63, 3.8) is 0 Å². The average Bonchev–Trinajstić information content (AvgIpc) is 2.96. The number of nitrogens with one attached hydrogen (secondary N) is 1. The molecule has 26 heavy (non-hydrogen) atoms. The Bertz CT molecular complexity index is 736. The Kier molecular flexibility index (Phi) is 9.21. The average molecular weight is 424 g/mol. The van der Waals surface area contributed by atoms with Gasteiger partial charge in [-0.1, -0.05) is 17.7 Å². The molecule has 8 heteroatoms. The molecule has 2 N–H and O–H groups in total. The fourth-order valence-corrected chi connectivity index (χ4v) is 3.74. The Morgan fingerprint density at radius 3 is 2.88 bits per heavy atom. The van der Waals surface area contributed by atoms with E-state index in [2.05, 4.69) is 5.32 Å². The lowest BCUT2D eigenvalue weighted by atomic mass is 9.97. The van der Waals surface area contributed by atoms with E-state index in [4.69, 9.17) is 16.3 Å². The molecule has 1 fully saturated rings. The summed E-state index contributed by atoms with van der Waals surface area (Å²) in [6.07, 6.45) is 5.25. The number of ether oxygens (including phenoxy) is 1. The molecule has 1 aliphatic heterocycles. The highest BCUT2D eigenvalue weighted by atomic mass is 35.5. The minimum absolute atomic E-state index is 0. The fraction of sp³-hybridized carbons (Fsp3) is 0.500. The van der Waals surface area contributed by atoms with Gasteiger partial charge in [-0.3, -0.25) is 0 Å². The Labute approximate surface area is 170 Å². The number of carbonyl (C=O) groups is 1.